The van der Waals surface area contributed by atoms with Gasteiger partial charge in [0.2, 0.25) is 0 Å². The van der Waals surface area contributed by atoms with E-state index in [4.69, 9.17) is 5.11 Å². The van der Waals surface area contributed by atoms with Gasteiger partial charge in [-0.1, -0.05) is 19.1 Å². The molecule has 0 spiro atoms. The Morgan fingerprint density at radius 2 is 2.07 bits per heavy atom. The summed E-state index contributed by atoms with van der Waals surface area (Å²) in [6.07, 6.45) is 2.35. The van der Waals surface area contributed by atoms with Gasteiger partial charge in [-0.2, -0.15) is 0 Å². The summed E-state index contributed by atoms with van der Waals surface area (Å²) in [5.74, 6) is -1.73. The molecule has 3 heteroatoms. The highest BCUT2D eigenvalue weighted by Gasteiger charge is 2.01. The van der Waals surface area contributed by atoms with Gasteiger partial charge in [-0.3, -0.25) is 0 Å². The molecule has 0 bridgehead atoms. The van der Waals surface area contributed by atoms with Gasteiger partial charge < -0.3 is 5.11 Å². The summed E-state index contributed by atoms with van der Waals surface area (Å²) < 4.78 is 25.3. The van der Waals surface area contributed by atoms with E-state index >= 15 is 0 Å². The van der Waals surface area contributed by atoms with Crippen molar-refractivity contribution in [1.29, 1.82) is 0 Å². The first-order valence-electron chi connectivity index (χ1n) is 4.42. The van der Waals surface area contributed by atoms with E-state index in [2.05, 4.69) is 0 Å². The van der Waals surface area contributed by atoms with Crippen molar-refractivity contribution in [3.63, 3.8) is 0 Å². The van der Waals surface area contributed by atoms with Crippen LogP contribution in [0.5, 0.6) is 0 Å². The summed E-state index contributed by atoms with van der Waals surface area (Å²) in [6, 6.07) is 3.66. The number of aliphatic hydroxyl groups is 1. The Morgan fingerprint density at radius 1 is 1.36 bits per heavy atom. The third kappa shape index (κ3) is 2.64. The van der Waals surface area contributed by atoms with E-state index in [1.165, 1.54) is 6.07 Å². The van der Waals surface area contributed by atoms with Gasteiger partial charge in [-0.15, -0.1) is 0 Å². The molecule has 0 atom stereocenters. The van der Waals surface area contributed by atoms with E-state index in [1.807, 2.05) is 6.92 Å². The van der Waals surface area contributed by atoms with E-state index in [0.29, 0.717) is 12.0 Å². The predicted octanol–water partition coefficient (Wildman–Crippen LogP) is 2.75. The molecule has 0 unspecified atom stereocenters. The van der Waals surface area contributed by atoms with Crippen LogP contribution in [0.3, 0.4) is 0 Å². The van der Waals surface area contributed by atoms with Gasteiger partial charge in [0, 0.05) is 0 Å². The summed E-state index contributed by atoms with van der Waals surface area (Å²) in [5, 5.41) is 8.88. The Labute approximate surface area is 81.7 Å². The number of rotatable bonds is 3. The van der Waals surface area contributed by atoms with Gasteiger partial charge in [0.05, 0.1) is 6.61 Å². The summed E-state index contributed by atoms with van der Waals surface area (Å²) in [6.45, 7) is 1.83. The molecule has 14 heavy (non-hydrogen) atoms. The number of benzene rings is 1. The van der Waals surface area contributed by atoms with Gasteiger partial charge >= 0.3 is 0 Å². The fraction of sp³-hybridized carbons (Fsp3) is 0.273. The second kappa shape index (κ2) is 4.86. The van der Waals surface area contributed by atoms with E-state index in [0.717, 1.165) is 17.7 Å². The second-order valence-corrected chi connectivity index (χ2v) is 2.99. The molecule has 1 aromatic carbocycles. The van der Waals surface area contributed by atoms with Crippen LogP contribution in [0.1, 0.15) is 18.9 Å². The van der Waals surface area contributed by atoms with Crippen molar-refractivity contribution < 1.29 is 13.9 Å². The Balaban J connectivity index is 2.97. The minimum absolute atomic E-state index is 0.0600. The minimum atomic E-state index is -0.868. The zero-order valence-corrected chi connectivity index (χ0v) is 7.93. The van der Waals surface area contributed by atoms with E-state index < -0.39 is 11.6 Å². The lowest BCUT2D eigenvalue weighted by molar-refractivity contribution is 0.329. The average molecular weight is 198 g/mol. The van der Waals surface area contributed by atoms with Crippen molar-refractivity contribution in [2.24, 2.45) is 0 Å². The van der Waals surface area contributed by atoms with Gasteiger partial charge in [0.25, 0.3) is 0 Å². The number of halogens is 2. The highest BCUT2D eigenvalue weighted by Crippen LogP contribution is 2.13. The summed E-state index contributed by atoms with van der Waals surface area (Å²) in [7, 11) is 0. The monoisotopic (exact) mass is 198 g/mol. The van der Waals surface area contributed by atoms with Crippen LogP contribution >= 0.6 is 0 Å². The molecule has 0 saturated carbocycles. The largest absolute Gasteiger partial charge is 0.392 e. The van der Waals surface area contributed by atoms with Crippen molar-refractivity contribution >= 4 is 6.08 Å². The van der Waals surface area contributed by atoms with Crippen LogP contribution in [0, 0.1) is 11.6 Å². The normalized spacial score (nSPS) is 11.9. The topological polar surface area (TPSA) is 20.2 Å². The number of hydrogen-bond donors (Lipinski definition) is 1. The first-order valence-corrected chi connectivity index (χ1v) is 4.42. The highest BCUT2D eigenvalue weighted by molar-refractivity contribution is 5.52. The van der Waals surface area contributed by atoms with Crippen LogP contribution in [0.2, 0.25) is 0 Å². The fourth-order valence-corrected chi connectivity index (χ4v) is 1.10. The molecule has 0 radical (unpaired) electrons. The molecule has 0 aliphatic rings. The lowest BCUT2D eigenvalue weighted by Gasteiger charge is -2.00. The smallest absolute Gasteiger partial charge is 0.159 e. The molecule has 0 saturated heterocycles. The first kappa shape index (κ1) is 10.9. The first-order chi connectivity index (χ1) is 6.67. The minimum Gasteiger partial charge on any atom is -0.392 e. The molecule has 1 aromatic rings. The van der Waals surface area contributed by atoms with Crippen molar-refractivity contribution in [3.8, 4) is 0 Å². The van der Waals surface area contributed by atoms with E-state index in [1.54, 1.807) is 6.08 Å². The zero-order chi connectivity index (χ0) is 10.6. The Kier molecular flexibility index (Phi) is 3.77. The maximum absolute atomic E-state index is 12.8. The molecule has 0 fully saturated rings. The molecule has 76 valence electrons. The van der Waals surface area contributed by atoms with Gasteiger partial charge in [-0.25, -0.2) is 8.78 Å². The number of hydrogen-bond acceptors (Lipinski definition) is 1. The molecular weight excluding hydrogens is 186 g/mol. The van der Waals surface area contributed by atoms with Gasteiger partial charge in [-0.05, 0) is 29.7 Å². The van der Waals surface area contributed by atoms with Crippen molar-refractivity contribution in [1.82, 2.24) is 0 Å². The lowest BCUT2D eigenvalue weighted by atomic mass is 10.1. The van der Waals surface area contributed by atoms with Crippen LogP contribution in [0.4, 0.5) is 8.78 Å². The molecular formula is C11H12F2O. The van der Waals surface area contributed by atoms with Gasteiger partial charge in [0.15, 0.2) is 11.6 Å². The van der Waals surface area contributed by atoms with Crippen LogP contribution in [0.15, 0.2) is 23.8 Å². The fourth-order valence-electron chi connectivity index (χ4n) is 1.10. The molecule has 0 heterocycles. The summed E-state index contributed by atoms with van der Waals surface area (Å²) in [5.41, 5.74) is 1.35. The summed E-state index contributed by atoms with van der Waals surface area (Å²) >= 11 is 0. The Bertz CT molecular complexity index is 339. The van der Waals surface area contributed by atoms with Crippen LogP contribution in [-0.4, -0.2) is 11.7 Å². The van der Waals surface area contributed by atoms with E-state index in [-0.39, 0.29) is 6.61 Å². The molecule has 1 N–H and O–H groups in total. The molecule has 0 aromatic heterocycles. The molecule has 1 nitrogen and oxygen atoms in total. The predicted molar refractivity (Wildman–Crippen MR) is 51.7 cm³/mol. The maximum Gasteiger partial charge on any atom is 0.159 e. The Morgan fingerprint density at radius 3 is 2.57 bits per heavy atom. The third-order valence-corrected chi connectivity index (χ3v) is 1.97. The van der Waals surface area contributed by atoms with E-state index in [9.17, 15) is 8.78 Å². The van der Waals surface area contributed by atoms with Crippen LogP contribution in [-0.2, 0) is 0 Å². The molecule has 1 rings (SSSR count). The lowest BCUT2D eigenvalue weighted by Crippen LogP contribution is -1.89. The third-order valence-electron chi connectivity index (χ3n) is 1.97. The van der Waals surface area contributed by atoms with Crippen molar-refractivity contribution in [2.75, 3.05) is 6.61 Å². The SMILES string of the molecule is CC/C(=C/c1ccc(F)c(F)c1)CO. The van der Waals surface area contributed by atoms with Crippen molar-refractivity contribution in [3.05, 3.63) is 41.0 Å². The van der Waals surface area contributed by atoms with Crippen molar-refractivity contribution in [2.45, 2.75) is 13.3 Å². The quantitative estimate of drug-likeness (QED) is 0.791. The molecule has 0 aliphatic heterocycles. The maximum atomic E-state index is 12.8. The highest BCUT2D eigenvalue weighted by atomic mass is 19.2. The number of aliphatic hydroxyl groups excluding tert-OH is 1. The van der Waals surface area contributed by atoms with Gasteiger partial charge in [0.1, 0.15) is 0 Å². The van der Waals surface area contributed by atoms with Crippen LogP contribution in [0.25, 0.3) is 6.08 Å². The average Bonchev–Trinajstić information content (AvgIpc) is 2.19. The molecule has 0 aliphatic carbocycles. The summed E-state index contributed by atoms with van der Waals surface area (Å²) in [4.78, 5) is 0. The zero-order valence-electron chi connectivity index (χ0n) is 7.93. The van der Waals surface area contributed by atoms with Crippen LogP contribution < -0.4 is 0 Å². The molecule has 0 amide bonds. The Hall–Kier alpha value is -1.22. The standard InChI is InChI=1S/C11H12F2O/c1-2-8(7-14)5-9-3-4-10(12)11(13)6-9/h3-6,14H,2,7H2,1H3/b8-5-. The second-order valence-electron chi connectivity index (χ2n) is 2.99.